The fourth-order valence-corrected chi connectivity index (χ4v) is 8.81. The third-order valence-corrected chi connectivity index (χ3v) is 13.3. The topological polar surface area (TPSA) is 307 Å². The molecule has 0 bridgehead atoms. The van der Waals surface area contributed by atoms with Crippen LogP contribution in [0, 0.1) is 0 Å². The zero-order valence-electron chi connectivity index (χ0n) is 43.3. The van der Waals surface area contributed by atoms with Crippen LogP contribution >= 0.6 is 0 Å². The highest BCUT2D eigenvalue weighted by molar-refractivity contribution is 5.76. The molecule has 1 amide bonds. The molecular formula is C54H93NO18. The quantitative estimate of drug-likeness (QED) is 0.0315. The SMILES string of the molecule is CC/C=C\C/C=C\C/C=C\CCCCCCCCCC(=O)NC(COC1OC(CO)C(OC2OC(CO)C(OC3OC(CO)C(O)C(O)C3O)C(O)C2O)C(O)C1O)C(O)/C=C/CC/C=C/CCCCCCC. The minimum absolute atomic E-state index is 0.221. The molecule has 3 saturated heterocycles. The van der Waals surface area contributed by atoms with Crippen LogP contribution < -0.4 is 5.32 Å². The van der Waals surface area contributed by atoms with Gasteiger partial charge in [-0.15, -0.1) is 0 Å². The number of carbonyl (C=O) groups is 1. The maximum atomic E-state index is 13.2. The van der Waals surface area contributed by atoms with E-state index in [-0.39, 0.29) is 18.9 Å². The average molecular weight is 1040 g/mol. The molecule has 0 spiro atoms. The van der Waals surface area contributed by atoms with Gasteiger partial charge in [-0.05, 0) is 64.2 Å². The maximum absolute atomic E-state index is 13.2. The second kappa shape index (κ2) is 38.1. The van der Waals surface area contributed by atoms with Crippen LogP contribution in [0.1, 0.15) is 142 Å². The molecule has 3 rings (SSSR count). The van der Waals surface area contributed by atoms with Crippen molar-refractivity contribution >= 4 is 5.91 Å². The summed E-state index contributed by atoms with van der Waals surface area (Å²) in [5.41, 5.74) is 0. The lowest BCUT2D eigenvalue weighted by molar-refractivity contribution is -0.379. The van der Waals surface area contributed by atoms with Crippen molar-refractivity contribution < 1.29 is 89.4 Å². The van der Waals surface area contributed by atoms with Crippen LogP contribution in [0.5, 0.6) is 0 Å². The van der Waals surface area contributed by atoms with E-state index in [1.165, 1.54) is 25.7 Å². The van der Waals surface area contributed by atoms with E-state index < -0.39 is 124 Å². The molecule has 0 aromatic carbocycles. The molecule has 19 nitrogen and oxygen atoms in total. The standard InChI is InChI=1S/C54H93NO18/c1-3-5-7-9-11-13-15-16-17-18-19-20-22-24-26-28-30-32-42(60)55-37(38(59)31-29-27-25-23-21-14-12-10-8-6-4-2)36-68-52-48(66)45(63)50(40(34-57)70-52)73-54-49(67)46(64)51(41(35-58)71-54)72-53-47(65)44(62)43(61)39(33-56)69-53/h5,7,11,13,16-17,21,23,29,31,37-41,43-54,56-59,61-67H,3-4,6,8-10,12,14-15,18-20,22,24-28,30,32-36H2,1-2H3,(H,55,60)/b7-5-,13-11-,17-16-,23-21+,31-29+. The van der Waals surface area contributed by atoms with Gasteiger partial charge in [-0.1, -0.05) is 132 Å². The van der Waals surface area contributed by atoms with Gasteiger partial charge >= 0.3 is 0 Å². The Bertz CT molecular complexity index is 1580. The number of ether oxygens (including phenoxy) is 6. The first-order valence-corrected chi connectivity index (χ1v) is 27.0. The molecule has 17 unspecified atom stereocenters. The fourth-order valence-electron chi connectivity index (χ4n) is 8.81. The van der Waals surface area contributed by atoms with Gasteiger partial charge in [0.15, 0.2) is 18.9 Å². The first kappa shape index (κ1) is 64.8. The first-order chi connectivity index (χ1) is 35.3. The summed E-state index contributed by atoms with van der Waals surface area (Å²) in [5, 5.41) is 120. The van der Waals surface area contributed by atoms with Gasteiger partial charge in [0.25, 0.3) is 0 Å². The van der Waals surface area contributed by atoms with Crippen LogP contribution in [-0.2, 0) is 33.2 Å². The number of nitrogens with one attached hydrogen (secondary N) is 1. The second-order valence-corrected chi connectivity index (χ2v) is 19.3. The number of aliphatic hydroxyl groups excluding tert-OH is 11. The highest BCUT2D eigenvalue weighted by atomic mass is 16.8. The normalized spacial score (nSPS) is 32.2. The van der Waals surface area contributed by atoms with Gasteiger partial charge in [0.2, 0.25) is 5.91 Å². The molecule has 0 radical (unpaired) electrons. The predicted molar refractivity (Wildman–Crippen MR) is 272 cm³/mol. The van der Waals surface area contributed by atoms with Gasteiger partial charge in [-0.3, -0.25) is 4.79 Å². The summed E-state index contributed by atoms with van der Waals surface area (Å²) in [6.45, 7) is 1.51. The molecule has 3 heterocycles. The van der Waals surface area contributed by atoms with E-state index in [1.807, 2.05) is 6.08 Å². The second-order valence-electron chi connectivity index (χ2n) is 19.3. The number of carbonyl (C=O) groups excluding carboxylic acids is 1. The summed E-state index contributed by atoms with van der Waals surface area (Å²) in [4.78, 5) is 13.2. The van der Waals surface area contributed by atoms with Gasteiger partial charge < -0.3 is 89.9 Å². The number of hydrogen-bond acceptors (Lipinski definition) is 18. The Morgan fingerprint density at radius 3 is 1.53 bits per heavy atom. The Kier molecular flexibility index (Phi) is 33.8. The molecule has 0 saturated carbocycles. The minimum Gasteiger partial charge on any atom is -0.394 e. The van der Waals surface area contributed by atoms with Crippen molar-refractivity contribution in [1.29, 1.82) is 0 Å². The Balaban J connectivity index is 1.54. The van der Waals surface area contributed by atoms with Crippen LogP contribution in [0.3, 0.4) is 0 Å². The van der Waals surface area contributed by atoms with Crippen molar-refractivity contribution in [2.75, 3.05) is 26.4 Å². The van der Waals surface area contributed by atoms with Crippen LogP contribution in [-0.4, -0.2) is 193 Å². The molecule has 3 fully saturated rings. The highest BCUT2D eigenvalue weighted by Gasteiger charge is 2.53. The van der Waals surface area contributed by atoms with Crippen molar-refractivity contribution in [2.24, 2.45) is 0 Å². The van der Waals surface area contributed by atoms with Gasteiger partial charge in [-0.25, -0.2) is 0 Å². The van der Waals surface area contributed by atoms with E-state index >= 15 is 0 Å². The molecule has 3 aliphatic heterocycles. The number of unbranched alkanes of at least 4 members (excludes halogenated alkanes) is 13. The average Bonchev–Trinajstić information content (AvgIpc) is 3.39. The Hall–Kier alpha value is -2.51. The third-order valence-electron chi connectivity index (χ3n) is 13.3. The summed E-state index contributed by atoms with van der Waals surface area (Å²) < 4.78 is 34.1. The number of rotatable bonds is 37. The first-order valence-electron chi connectivity index (χ1n) is 27.0. The van der Waals surface area contributed by atoms with Gasteiger partial charge in [-0.2, -0.15) is 0 Å². The smallest absolute Gasteiger partial charge is 0.220 e. The van der Waals surface area contributed by atoms with E-state index in [1.54, 1.807) is 6.08 Å². The van der Waals surface area contributed by atoms with Gasteiger partial charge in [0.05, 0.1) is 38.6 Å². The summed E-state index contributed by atoms with van der Waals surface area (Å²) in [6.07, 6.45) is 13.7. The summed E-state index contributed by atoms with van der Waals surface area (Å²) in [6, 6.07) is -0.995. The van der Waals surface area contributed by atoms with Crippen LogP contribution in [0.4, 0.5) is 0 Å². The minimum atomic E-state index is -1.98. The molecule has 73 heavy (non-hydrogen) atoms. The van der Waals surface area contributed by atoms with Crippen LogP contribution in [0.15, 0.2) is 60.8 Å². The zero-order chi connectivity index (χ0) is 53.4. The van der Waals surface area contributed by atoms with Crippen LogP contribution in [0.2, 0.25) is 0 Å². The molecule has 19 heteroatoms. The van der Waals surface area contributed by atoms with Gasteiger partial charge in [0, 0.05) is 6.42 Å². The van der Waals surface area contributed by atoms with Crippen molar-refractivity contribution in [3.05, 3.63) is 60.8 Å². The van der Waals surface area contributed by atoms with Crippen molar-refractivity contribution in [2.45, 2.75) is 247 Å². The number of hydrogen-bond donors (Lipinski definition) is 12. The number of allylic oxidation sites excluding steroid dienone is 9. The maximum Gasteiger partial charge on any atom is 0.220 e. The predicted octanol–water partition coefficient (Wildman–Crippen LogP) is 2.92. The number of aliphatic hydroxyl groups is 11. The fraction of sp³-hybridized carbons (Fsp3) is 0.796. The Labute approximate surface area is 433 Å². The molecule has 0 aliphatic carbocycles. The monoisotopic (exact) mass is 1040 g/mol. The van der Waals surface area contributed by atoms with E-state index in [0.717, 1.165) is 83.5 Å². The third kappa shape index (κ3) is 23.3. The largest absolute Gasteiger partial charge is 0.394 e. The summed E-state index contributed by atoms with van der Waals surface area (Å²) in [5.74, 6) is -0.302. The molecule has 3 aliphatic rings. The Morgan fingerprint density at radius 2 is 0.959 bits per heavy atom. The highest BCUT2D eigenvalue weighted by Crippen LogP contribution is 2.33. The Morgan fingerprint density at radius 1 is 0.507 bits per heavy atom. The van der Waals surface area contributed by atoms with Crippen molar-refractivity contribution in [1.82, 2.24) is 5.32 Å². The lowest BCUT2D eigenvalue weighted by Crippen LogP contribution is -2.66. The van der Waals surface area contributed by atoms with E-state index in [4.69, 9.17) is 28.4 Å². The zero-order valence-corrected chi connectivity index (χ0v) is 43.3. The van der Waals surface area contributed by atoms with E-state index in [2.05, 4.69) is 67.8 Å². The van der Waals surface area contributed by atoms with E-state index in [9.17, 15) is 61.0 Å². The summed E-state index contributed by atoms with van der Waals surface area (Å²) >= 11 is 0. The molecule has 422 valence electrons. The lowest BCUT2D eigenvalue weighted by atomic mass is 9.96. The van der Waals surface area contributed by atoms with E-state index in [0.29, 0.717) is 12.8 Å². The summed E-state index contributed by atoms with van der Waals surface area (Å²) in [7, 11) is 0. The van der Waals surface area contributed by atoms with Crippen LogP contribution in [0.25, 0.3) is 0 Å². The number of amides is 1. The van der Waals surface area contributed by atoms with Gasteiger partial charge in [0.1, 0.15) is 73.2 Å². The lowest BCUT2D eigenvalue weighted by Gasteiger charge is -2.48. The molecular weight excluding hydrogens is 951 g/mol. The van der Waals surface area contributed by atoms with Crippen molar-refractivity contribution in [3.63, 3.8) is 0 Å². The molecule has 0 aromatic heterocycles. The molecule has 17 atom stereocenters. The molecule has 0 aromatic rings. The van der Waals surface area contributed by atoms with Crippen molar-refractivity contribution in [3.8, 4) is 0 Å². The molecule has 12 N–H and O–H groups in total.